The fraction of sp³-hybridized carbons (Fsp3) is 0.882. The van der Waals surface area contributed by atoms with E-state index in [2.05, 4.69) is 46.5 Å². The van der Waals surface area contributed by atoms with E-state index < -0.39 is 0 Å². The van der Waals surface area contributed by atoms with Crippen LogP contribution in [0.25, 0.3) is 0 Å². The third kappa shape index (κ3) is 3.98. The molecule has 0 aromatic heterocycles. The summed E-state index contributed by atoms with van der Waals surface area (Å²) in [5, 5.41) is 0. The molecule has 122 valence electrons. The zero-order valence-corrected chi connectivity index (χ0v) is 14.6. The summed E-state index contributed by atoms with van der Waals surface area (Å²) in [5.41, 5.74) is -0.236. The van der Waals surface area contributed by atoms with Gasteiger partial charge in [0, 0.05) is 0 Å². The summed E-state index contributed by atoms with van der Waals surface area (Å²) in [6.07, 6.45) is 3.10. The second-order valence-corrected chi connectivity index (χ2v) is 6.09. The second kappa shape index (κ2) is 8.40. The predicted octanol–water partition coefficient (Wildman–Crippen LogP) is 4.09. The first-order valence-corrected chi connectivity index (χ1v) is 8.44. The molecule has 1 atom stereocenters. The quantitative estimate of drug-likeness (QED) is 0.767. The van der Waals surface area contributed by atoms with Gasteiger partial charge >= 0.3 is 0 Å². The zero-order valence-electron chi connectivity index (χ0n) is 14.6. The molecule has 4 nitrogen and oxygen atoms in total. The lowest BCUT2D eigenvalue weighted by atomic mass is 9.81. The Kier molecular flexibility index (Phi) is 7.20. The van der Waals surface area contributed by atoms with Crippen molar-refractivity contribution in [3.63, 3.8) is 0 Å². The molecule has 0 radical (unpaired) electrons. The minimum atomic E-state index is -0.236. The van der Waals surface area contributed by atoms with Gasteiger partial charge in [0.2, 0.25) is 0 Å². The first-order chi connectivity index (χ1) is 10.1. The van der Waals surface area contributed by atoms with Gasteiger partial charge in [0.05, 0.1) is 12.6 Å². The maximum absolute atomic E-state index is 5.88. The van der Waals surface area contributed by atoms with E-state index >= 15 is 0 Å². The predicted molar refractivity (Wildman–Crippen MR) is 89.2 cm³/mol. The molecule has 2 aliphatic heterocycles. The Labute approximate surface area is 130 Å². The van der Waals surface area contributed by atoms with Crippen molar-refractivity contribution < 1.29 is 9.47 Å². The molecule has 0 aromatic carbocycles. The standard InChI is InChI=1S/C14H24N2O2.C3H8/c1-5-14(6-2,12-15-7-8-17-12)13-16-11(9-18-13)10(3)4;1-3-2/h10-11H,5-9H2,1-4H3;3H2,1-2H3. The molecule has 4 heteroatoms. The maximum Gasteiger partial charge on any atom is 0.199 e. The van der Waals surface area contributed by atoms with Crippen LogP contribution >= 0.6 is 0 Å². The van der Waals surface area contributed by atoms with Gasteiger partial charge in [-0.2, -0.15) is 0 Å². The molecular formula is C17H32N2O2. The maximum atomic E-state index is 5.88. The summed E-state index contributed by atoms with van der Waals surface area (Å²) in [4.78, 5) is 9.28. The lowest BCUT2D eigenvalue weighted by Crippen LogP contribution is -2.39. The van der Waals surface area contributed by atoms with Crippen molar-refractivity contribution in [1.29, 1.82) is 0 Å². The van der Waals surface area contributed by atoms with E-state index in [9.17, 15) is 0 Å². The first-order valence-electron chi connectivity index (χ1n) is 8.44. The van der Waals surface area contributed by atoms with Crippen molar-refractivity contribution in [3.05, 3.63) is 0 Å². The van der Waals surface area contributed by atoms with Crippen molar-refractivity contribution in [3.8, 4) is 0 Å². The average molecular weight is 296 g/mol. The molecule has 0 spiro atoms. The molecule has 0 aromatic rings. The fourth-order valence-corrected chi connectivity index (χ4v) is 2.56. The number of rotatable bonds is 5. The van der Waals surface area contributed by atoms with Crippen LogP contribution in [-0.4, -0.2) is 37.6 Å². The van der Waals surface area contributed by atoms with Crippen LogP contribution in [0.2, 0.25) is 0 Å². The Morgan fingerprint density at radius 3 is 2.10 bits per heavy atom. The Hall–Kier alpha value is -1.06. The summed E-state index contributed by atoms with van der Waals surface area (Å²) in [5.74, 6) is 2.18. The van der Waals surface area contributed by atoms with Crippen LogP contribution in [-0.2, 0) is 9.47 Å². The van der Waals surface area contributed by atoms with Crippen molar-refractivity contribution in [2.45, 2.75) is 66.8 Å². The summed E-state index contributed by atoms with van der Waals surface area (Å²) in [7, 11) is 0. The van der Waals surface area contributed by atoms with Gasteiger partial charge in [-0.25, -0.2) is 4.99 Å². The first kappa shape index (κ1) is 18.0. The monoisotopic (exact) mass is 296 g/mol. The van der Waals surface area contributed by atoms with Gasteiger partial charge in [-0.3, -0.25) is 4.99 Å². The molecular weight excluding hydrogens is 264 g/mol. The molecule has 0 fully saturated rings. The molecule has 2 rings (SSSR count). The summed E-state index contributed by atoms with van der Waals surface area (Å²) in [6, 6.07) is 0.277. The van der Waals surface area contributed by atoms with E-state index in [1.54, 1.807) is 0 Å². The number of hydrogen-bond acceptors (Lipinski definition) is 4. The van der Waals surface area contributed by atoms with E-state index in [0.717, 1.165) is 31.2 Å². The summed E-state index contributed by atoms with van der Waals surface area (Å²) in [6.45, 7) is 15.1. The molecule has 2 heterocycles. The smallest absolute Gasteiger partial charge is 0.199 e. The number of nitrogens with zero attached hydrogens (tertiary/aromatic N) is 2. The Balaban J connectivity index is 0.000000677. The summed E-state index contributed by atoms with van der Waals surface area (Å²) >= 11 is 0. The number of hydrogen-bond donors (Lipinski definition) is 0. The molecule has 1 unspecified atom stereocenters. The highest BCUT2D eigenvalue weighted by atomic mass is 16.5. The van der Waals surface area contributed by atoms with E-state index in [1.165, 1.54) is 6.42 Å². The minimum Gasteiger partial charge on any atom is -0.478 e. The largest absolute Gasteiger partial charge is 0.478 e. The van der Waals surface area contributed by atoms with Gasteiger partial charge < -0.3 is 9.47 Å². The van der Waals surface area contributed by atoms with Gasteiger partial charge in [-0.15, -0.1) is 0 Å². The van der Waals surface area contributed by atoms with Gasteiger partial charge in [-0.1, -0.05) is 48.0 Å². The van der Waals surface area contributed by atoms with E-state index in [0.29, 0.717) is 19.1 Å². The zero-order chi connectivity index (χ0) is 15.9. The Morgan fingerprint density at radius 1 is 1.10 bits per heavy atom. The number of ether oxygens (including phenoxy) is 2. The van der Waals surface area contributed by atoms with Crippen molar-refractivity contribution in [1.82, 2.24) is 0 Å². The van der Waals surface area contributed by atoms with Crippen LogP contribution in [0.5, 0.6) is 0 Å². The number of aliphatic imine (C=N–C) groups is 2. The topological polar surface area (TPSA) is 43.2 Å². The average Bonchev–Trinajstić information content (AvgIpc) is 3.13. The highest BCUT2D eigenvalue weighted by Crippen LogP contribution is 2.36. The van der Waals surface area contributed by atoms with Crippen LogP contribution in [0.1, 0.15) is 60.8 Å². The SMILES string of the molecule is CCC.CCC(CC)(C1=NCCO1)C1=NC(C(C)C)CO1. The lowest BCUT2D eigenvalue weighted by molar-refractivity contribution is 0.242. The van der Waals surface area contributed by atoms with Crippen molar-refractivity contribution in [2.75, 3.05) is 19.8 Å². The third-order valence-corrected chi connectivity index (χ3v) is 4.05. The van der Waals surface area contributed by atoms with Crippen LogP contribution in [0, 0.1) is 11.3 Å². The fourth-order valence-electron chi connectivity index (χ4n) is 2.56. The minimum absolute atomic E-state index is 0.236. The molecule has 0 bridgehead atoms. The molecule has 0 saturated carbocycles. The normalized spacial score (nSPS) is 21.2. The summed E-state index contributed by atoms with van der Waals surface area (Å²) < 4.78 is 11.6. The molecule has 0 N–H and O–H groups in total. The second-order valence-electron chi connectivity index (χ2n) is 6.09. The van der Waals surface area contributed by atoms with Gasteiger partial charge in [0.15, 0.2) is 11.8 Å². The van der Waals surface area contributed by atoms with Crippen LogP contribution in [0.4, 0.5) is 0 Å². The highest BCUT2D eigenvalue weighted by molar-refractivity contribution is 6.06. The van der Waals surface area contributed by atoms with Gasteiger partial charge in [0.1, 0.15) is 18.6 Å². The molecule has 0 saturated heterocycles. The Morgan fingerprint density at radius 2 is 1.71 bits per heavy atom. The molecule has 0 amide bonds. The van der Waals surface area contributed by atoms with Crippen molar-refractivity contribution in [2.24, 2.45) is 21.3 Å². The van der Waals surface area contributed by atoms with Crippen LogP contribution in [0.15, 0.2) is 9.98 Å². The lowest BCUT2D eigenvalue weighted by Gasteiger charge is -2.29. The highest BCUT2D eigenvalue weighted by Gasteiger charge is 2.45. The van der Waals surface area contributed by atoms with E-state index in [4.69, 9.17) is 14.5 Å². The Bertz CT molecular complexity index is 371. The molecule has 0 aliphatic carbocycles. The van der Waals surface area contributed by atoms with E-state index in [1.807, 2.05) is 0 Å². The van der Waals surface area contributed by atoms with Crippen LogP contribution in [0.3, 0.4) is 0 Å². The van der Waals surface area contributed by atoms with Crippen LogP contribution < -0.4 is 0 Å². The van der Waals surface area contributed by atoms with E-state index in [-0.39, 0.29) is 11.5 Å². The molecule has 21 heavy (non-hydrogen) atoms. The van der Waals surface area contributed by atoms with Gasteiger partial charge in [-0.05, 0) is 18.8 Å². The van der Waals surface area contributed by atoms with Crippen molar-refractivity contribution >= 4 is 11.8 Å². The molecule has 2 aliphatic rings. The third-order valence-electron chi connectivity index (χ3n) is 4.05. The van der Waals surface area contributed by atoms with Gasteiger partial charge in [0.25, 0.3) is 0 Å².